The van der Waals surface area contributed by atoms with Crippen LogP contribution < -0.4 is 11.1 Å². The van der Waals surface area contributed by atoms with Crippen molar-refractivity contribution in [2.75, 3.05) is 12.3 Å². The highest BCUT2D eigenvalue weighted by Crippen LogP contribution is 2.14. The lowest BCUT2D eigenvalue weighted by molar-refractivity contribution is 0.0955. The molecular weight excluding hydrogens is 281 g/mol. The number of rotatable bonds is 4. The Kier molecular flexibility index (Phi) is 4.53. The summed E-state index contributed by atoms with van der Waals surface area (Å²) in [7, 11) is 0. The normalized spacial score (nSPS) is 10.3. The first kappa shape index (κ1) is 14.3. The molecule has 3 N–H and O–H groups in total. The largest absolute Gasteiger partial charge is 0.397 e. The molecule has 0 aliphatic rings. The summed E-state index contributed by atoms with van der Waals surface area (Å²) in [6.07, 6.45) is 1.95. The quantitative estimate of drug-likeness (QED) is 0.851. The number of amides is 1. The van der Waals surface area contributed by atoms with E-state index in [4.69, 9.17) is 17.3 Å². The highest BCUT2D eigenvalue weighted by molar-refractivity contribution is 6.29. The number of pyridine rings is 1. The Balaban J connectivity index is 1.92. The van der Waals surface area contributed by atoms with Crippen molar-refractivity contribution in [2.45, 2.75) is 6.42 Å². The summed E-state index contributed by atoms with van der Waals surface area (Å²) in [4.78, 5) is 15.7. The highest BCUT2D eigenvalue weighted by atomic mass is 35.5. The van der Waals surface area contributed by atoms with Crippen LogP contribution in [0, 0.1) is 5.82 Å². The molecule has 20 heavy (non-hydrogen) atoms. The molecule has 0 unspecified atom stereocenters. The maximum absolute atomic E-state index is 12.7. The monoisotopic (exact) mass is 293 g/mol. The van der Waals surface area contributed by atoms with Crippen LogP contribution in [0.5, 0.6) is 0 Å². The average Bonchev–Trinajstić information content (AvgIpc) is 2.43. The lowest BCUT2D eigenvalue weighted by Crippen LogP contribution is -2.26. The molecule has 1 aromatic heterocycles. The van der Waals surface area contributed by atoms with Crippen molar-refractivity contribution in [3.63, 3.8) is 0 Å². The molecule has 0 aliphatic carbocycles. The average molecular weight is 294 g/mol. The number of aromatic nitrogens is 1. The zero-order valence-electron chi connectivity index (χ0n) is 10.6. The van der Waals surface area contributed by atoms with Gasteiger partial charge in [-0.2, -0.15) is 0 Å². The summed E-state index contributed by atoms with van der Waals surface area (Å²) in [6.45, 7) is 0.420. The van der Waals surface area contributed by atoms with Gasteiger partial charge in [0, 0.05) is 6.54 Å². The van der Waals surface area contributed by atoms with Crippen LogP contribution in [0.1, 0.15) is 15.9 Å². The van der Waals surface area contributed by atoms with Gasteiger partial charge in [0.2, 0.25) is 0 Å². The molecule has 4 nitrogen and oxygen atoms in total. The van der Waals surface area contributed by atoms with Crippen LogP contribution in [0.2, 0.25) is 5.15 Å². The van der Waals surface area contributed by atoms with E-state index in [1.165, 1.54) is 24.4 Å². The van der Waals surface area contributed by atoms with E-state index in [0.717, 1.165) is 5.56 Å². The van der Waals surface area contributed by atoms with E-state index in [9.17, 15) is 9.18 Å². The van der Waals surface area contributed by atoms with Crippen LogP contribution >= 0.6 is 11.6 Å². The van der Waals surface area contributed by atoms with E-state index in [1.807, 2.05) is 0 Å². The molecule has 0 aliphatic heterocycles. The molecule has 0 fully saturated rings. The lowest BCUT2D eigenvalue weighted by atomic mass is 10.1. The van der Waals surface area contributed by atoms with Gasteiger partial charge in [-0.25, -0.2) is 9.37 Å². The maximum Gasteiger partial charge on any atom is 0.253 e. The summed E-state index contributed by atoms with van der Waals surface area (Å²) in [5.74, 6) is -0.592. The minimum absolute atomic E-state index is 0.211. The molecular formula is C14H13ClFN3O. The molecule has 0 bridgehead atoms. The fourth-order valence-electron chi connectivity index (χ4n) is 1.70. The Bertz CT molecular complexity index is 616. The molecule has 1 aromatic carbocycles. The van der Waals surface area contributed by atoms with Crippen molar-refractivity contribution in [3.05, 3.63) is 58.6 Å². The van der Waals surface area contributed by atoms with Gasteiger partial charge in [-0.05, 0) is 30.2 Å². The van der Waals surface area contributed by atoms with Gasteiger partial charge in [0.05, 0.1) is 17.4 Å². The Labute approximate surface area is 120 Å². The van der Waals surface area contributed by atoms with Crippen molar-refractivity contribution in [2.24, 2.45) is 0 Å². The topological polar surface area (TPSA) is 68.0 Å². The number of nitrogen functional groups attached to an aromatic ring is 1. The summed E-state index contributed by atoms with van der Waals surface area (Å²) in [5, 5.41) is 2.94. The van der Waals surface area contributed by atoms with Crippen LogP contribution in [0.4, 0.5) is 10.1 Å². The summed E-state index contributed by atoms with van der Waals surface area (Å²) in [5.41, 5.74) is 7.17. The Hall–Kier alpha value is -2.14. The van der Waals surface area contributed by atoms with Crippen LogP contribution in [-0.2, 0) is 6.42 Å². The number of nitrogens with zero attached hydrogens (tertiary/aromatic N) is 1. The third-order valence-electron chi connectivity index (χ3n) is 2.76. The lowest BCUT2D eigenvalue weighted by Gasteiger charge is -2.07. The van der Waals surface area contributed by atoms with Gasteiger partial charge in [0.1, 0.15) is 11.0 Å². The van der Waals surface area contributed by atoms with Gasteiger partial charge in [-0.1, -0.05) is 23.7 Å². The predicted molar refractivity (Wildman–Crippen MR) is 76.1 cm³/mol. The number of nitrogens with one attached hydrogen (secondary N) is 1. The van der Waals surface area contributed by atoms with E-state index in [2.05, 4.69) is 10.3 Å². The minimum Gasteiger partial charge on any atom is -0.397 e. The summed E-state index contributed by atoms with van der Waals surface area (Å²) in [6, 6.07) is 7.55. The number of halogens is 2. The SMILES string of the molecule is Nc1cnc(Cl)cc1C(=O)NCCc1ccc(F)cc1. The number of anilines is 1. The molecule has 0 saturated carbocycles. The molecule has 1 heterocycles. The Morgan fingerprint density at radius 1 is 1.35 bits per heavy atom. The predicted octanol–water partition coefficient (Wildman–Crippen LogP) is 2.43. The van der Waals surface area contributed by atoms with Crippen LogP contribution in [0.25, 0.3) is 0 Å². The fraction of sp³-hybridized carbons (Fsp3) is 0.143. The fourth-order valence-corrected chi connectivity index (χ4v) is 1.86. The van der Waals surface area contributed by atoms with Gasteiger partial charge in [-0.3, -0.25) is 4.79 Å². The Morgan fingerprint density at radius 2 is 2.05 bits per heavy atom. The molecule has 0 spiro atoms. The van der Waals surface area contributed by atoms with Crippen molar-refractivity contribution in [3.8, 4) is 0 Å². The molecule has 6 heteroatoms. The van der Waals surface area contributed by atoms with E-state index in [1.54, 1.807) is 12.1 Å². The molecule has 0 atom stereocenters. The summed E-state index contributed by atoms with van der Waals surface area (Å²) < 4.78 is 12.7. The first-order valence-corrected chi connectivity index (χ1v) is 6.38. The van der Waals surface area contributed by atoms with Crippen LogP contribution in [0.15, 0.2) is 36.5 Å². The van der Waals surface area contributed by atoms with Crippen molar-refractivity contribution >= 4 is 23.2 Å². The number of hydrogen-bond donors (Lipinski definition) is 2. The second-order valence-corrected chi connectivity index (χ2v) is 4.61. The third-order valence-corrected chi connectivity index (χ3v) is 2.97. The first-order valence-electron chi connectivity index (χ1n) is 6.00. The number of hydrogen-bond acceptors (Lipinski definition) is 3. The highest BCUT2D eigenvalue weighted by Gasteiger charge is 2.10. The first-order chi connectivity index (χ1) is 9.56. The van der Waals surface area contributed by atoms with Crippen molar-refractivity contribution in [1.82, 2.24) is 10.3 Å². The standard InChI is InChI=1S/C14H13ClFN3O/c15-13-7-11(12(17)8-19-13)14(20)18-6-5-9-1-3-10(16)4-2-9/h1-4,7-8H,5-6,17H2,(H,18,20). The van der Waals surface area contributed by atoms with Gasteiger partial charge in [-0.15, -0.1) is 0 Å². The zero-order valence-corrected chi connectivity index (χ0v) is 11.3. The molecule has 0 saturated heterocycles. The second kappa shape index (κ2) is 6.34. The molecule has 2 aromatic rings. The maximum atomic E-state index is 12.7. The van der Waals surface area contributed by atoms with Gasteiger partial charge < -0.3 is 11.1 Å². The number of carbonyl (C=O) groups is 1. The Morgan fingerprint density at radius 3 is 2.75 bits per heavy atom. The van der Waals surface area contributed by atoms with Crippen LogP contribution in [0.3, 0.4) is 0 Å². The van der Waals surface area contributed by atoms with E-state index >= 15 is 0 Å². The third kappa shape index (κ3) is 3.68. The summed E-state index contributed by atoms with van der Waals surface area (Å²) >= 11 is 5.72. The molecule has 2 rings (SSSR count). The zero-order chi connectivity index (χ0) is 14.5. The number of carbonyl (C=O) groups excluding carboxylic acids is 1. The van der Waals surface area contributed by atoms with E-state index < -0.39 is 0 Å². The number of benzene rings is 1. The van der Waals surface area contributed by atoms with E-state index in [0.29, 0.717) is 18.5 Å². The van der Waals surface area contributed by atoms with Gasteiger partial charge in [0.15, 0.2) is 0 Å². The molecule has 0 radical (unpaired) electrons. The van der Waals surface area contributed by atoms with Crippen molar-refractivity contribution in [1.29, 1.82) is 0 Å². The van der Waals surface area contributed by atoms with Crippen molar-refractivity contribution < 1.29 is 9.18 Å². The van der Waals surface area contributed by atoms with Gasteiger partial charge in [0.25, 0.3) is 5.91 Å². The van der Waals surface area contributed by atoms with Crippen LogP contribution in [-0.4, -0.2) is 17.4 Å². The minimum atomic E-state index is -0.311. The molecule has 104 valence electrons. The second-order valence-electron chi connectivity index (χ2n) is 4.23. The molecule has 1 amide bonds. The smallest absolute Gasteiger partial charge is 0.253 e. The number of nitrogens with two attached hydrogens (primary N) is 1. The van der Waals surface area contributed by atoms with Gasteiger partial charge >= 0.3 is 0 Å². The van der Waals surface area contributed by atoms with E-state index in [-0.39, 0.29) is 22.6 Å².